The van der Waals surface area contributed by atoms with Crippen LogP contribution in [-0.2, 0) is 0 Å². The maximum absolute atomic E-state index is 13.5. The molecule has 0 saturated carbocycles. The summed E-state index contributed by atoms with van der Waals surface area (Å²) in [6.45, 7) is 0.470. The number of nitrogens with zero attached hydrogens (tertiary/aromatic N) is 2. The molecule has 4 N–H and O–H groups in total. The van der Waals surface area contributed by atoms with Gasteiger partial charge < -0.3 is 0 Å². The minimum atomic E-state index is -0.480. The summed E-state index contributed by atoms with van der Waals surface area (Å²) < 4.78 is 19.5. The Hall–Kier alpha value is -3.56. The van der Waals surface area contributed by atoms with Crippen molar-refractivity contribution in [2.24, 2.45) is 0 Å². The molecule has 0 fully saturated rings. The van der Waals surface area contributed by atoms with Gasteiger partial charge >= 0.3 is 198 Å². The molecule has 6 nitrogen and oxygen atoms in total. The Kier molecular flexibility index (Phi) is 8.15. The third kappa shape index (κ3) is 6.29. The van der Waals surface area contributed by atoms with E-state index in [1.807, 2.05) is 36.0 Å². The van der Waals surface area contributed by atoms with Gasteiger partial charge in [0, 0.05) is 0 Å². The first kappa shape index (κ1) is 26.1. The Bertz CT molecular complexity index is 1510. The van der Waals surface area contributed by atoms with Gasteiger partial charge in [-0.15, -0.1) is 0 Å². The molecule has 4 aromatic rings. The van der Waals surface area contributed by atoms with Crippen molar-refractivity contribution in [1.29, 1.82) is 0 Å². The molecule has 1 atom stereocenters. The van der Waals surface area contributed by atoms with Gasteiger partial charge in [-0.05, 0) is 6.07 Å². The Balaban J connectivity index is 1.17. The van der Waals surface area contributed by atoms with Crippen molar-refractivity contribution in [1.82, 2.24) is 9.97 Å². The Labute approximate surface area is 230 Å². The first-order valence-corrected chi connectivity index (χ1v) is 13.5. The molecule has 1 aromatic heterocycles. The third-order valence-corrected chi connectivity index (χ3v) is 7.51. The van der Waals surface area contributed by atoms with Gasteiger partial charge in [0.25, 0.3) is 0 Å². The van der Waals surface area contributed by atoms with Gasteiger partial charge in [-0.1, -0.05) is 11.6 Å². The number of aromatic nitrogens is 2. The molecule has 191 valence electrons. The molecule has 0 bridgehead atoms. The predicted octanol–water partition coefficient (Wildman–Crippen LogP) is 7.01. The number of hydrogen-bond donors (Lipinski definition) is 3. The van der Waals surface area contributed by atoms with Crippen LogP contribution in [-0.4, -0.2) is 29.6 Å². The summed E-state index contributed by atoms with van der Waals surface area (Å²) in [6, 6.07) is 16.1. The molecule has 0 amide bonds. The van der Waals surface area contributed by atoms with E-state index in [1.165, 1.54) is 24.0 Å². The molecular weight excluding hydrogens is 520 g/mol. The number of rotatable bonds is 10. The molecule has 38 heavy (non-hydrogen) atoms. The van der Waals surface area contributed by atoms with Crippen LogP contribution < -0.4 is 21.1 Å². The molecule has 1 aliphatic heterocycles. The van der Waals surface area contributed by atoms with E-state index in [2.05, 4.69) is 44.2 Å². The number of nitrogens with two attached hydrogens (primary N) is 1. The zero-order valence-corrected chi connectivity index (χ0v) is 22.0. The van der Waals surface area contributed by atoms with Crippen LogP contribution in [0, 0.1) is 5.82 Å². The van der Waals surface area contributed by atoms with Gasteiger partial charge in [-0.25, -0.2) is 4.39 Å². The number of allylic oxidation sites excluding steroid dienone is 1. The number of anilines is 4. The van der Waals surface area contributed by atoms with Crippen molar-refractivity contribution in [2.45, 2.75) is 24.5 Å². The van der Waals surface area contributed by atoms with E-state index < -0.39 is 5.82 Å². The SMILES string of the molecule is [B]=C(CCCOc1ccc2ncnc(Nc3ccc(F)c(Cl)c3)c2c1)Nc1cc(C2CC=CS2)ccc1N. The molecule has 0 aliphatic carbocycles. The Morgan fingerprint density at radius 3 is 2.87 bits per heavy atom. The van der Waals surface area contributed by atoms with Crippen molar-refractivity contribution in [3.63, 3.8) is 0 Å². The quantitative estimate of drug-likeness (QED) is 0.112. The van der Waals surface area contributed by atoms with Gasteiger partial charge in [0.2, 0.25) is 0 Å². The normalized spacial score (nSPS) is 14.5. The van der Waals surface area contributed by atoms with Crippen LogP contribution in [0.1, 0.15) is 30.1 Å². The van der Waals surface area contributed by atoms with Crippen LogP contribution >= 0.6 is 23.4 Å². The van der Waals surface area contributed by atoms with Crippen molar-refractivity contribution >= 4 is 70.2 Å². The number of ether oxygens (including phenoxy) is 1. The first-order valence-electron chi connectivity index (χ1n) is 12.1. The molecule has 5 rings (SSSR count). The predicted molar refractivity (Wildman–Crippen MR) is 158 cm³/mol. The van der Waals surface area contributed by atoms with E-state index >= 15 is 0 Å². The maximum atomic E-state index is 13.5. The number of nitrogen functional groups attached to an aromatic ring is 1. The number of halogens is 2. The average molecular weight is 545 g/mol. The first-order chi connectivity index (χ1) is 18.5. The number of hydrogen-bond acceptors (Lipinski definition) is 7. The van der Waals surface area contributed by atoms with E-state index in [9.17, 15) is 4.39 Å². The summed E-state index contributed by atoms with van der Waals surface area (Å²) in [4.78, 5) is 8.65. The van der Waals surface area contributed by atoms with E-state index in [1.54, 1.807) is 6.07 Å². The fraction of sp³-hybridized carbons (Fsp3) is 0.179. The summed E-state index contributed by atoms with van der Waals surface area (Å²) in [5.41, 5.74) is 10.9. The summed E-state index contributed by atoms with van der Waals surface area (Å²) in [5.74, 6) is 0.765. The van der Waals surface area contributed by atoms with Crippen LogP contribution in [0.15, 0.2) is 72.4 Å². The van der Waals surface area contributed by atoms with Gasteiger partial charge in [0.15, 0.2) is 0 Å². The second kappa shape index (κ2) is 11.9. The van der Waals surface area contributed by atoms with Gasteiger partial charge in [-0.2, -0.15) is 0 Å². The van der Waals surface area contributed by atoms with Crippen LogP contribution in [0.3, 0.4) is 0 Å². The van der Waals surface area contributed by atoms with Gasteiger partial charge in [0.1, 0.15) is 5.82 Å². The Morgan fingerprint density at radius 2 is 2.05 bits per heavy atom. The standard InChI is InChI=1S/C28H25BClFN5OS/c29-27(36-25-13-17(5-9-23(25)32)26-3-2-12-38-26)4-1-11-37-19-7-10-24-20(15-19)28(34-16-33-24)35-18-6-8-22(31)21(30)14-18/h2,5-10,12-16,26,36H,1,3-4,11,32H2,(H,33,34,35). The molecule has 0 saturated heterocycles. The molecular formula is C28H25BClFN5OS. The van der Waals surface area contributed by atoms with Crippen LogP contribution in [0.5, 0.6) is 5.75 Å². The fourth-order valence-corrected chi connectivity index (χ4v) is 5.22. The number of thioether (sulfide) groups is 1. The third-order valence-electron chi connectivity index (χ3n) is 6.08. The van der Waals surface area contributed by atoms with E-state index in [-0.39, 0.29) is 5.02 Å². The second-order valence-corrected chi connectivity index (χ2v) is 10.4. The van der Waals surface area contributed by atoms with Crippen molar-refractivity contribution < 1.29 is 9.13 Å². The van der Waals surface area contributed by atoms with Crippen molar-refractivity contribution in [2.75, 3.05) is 23.0 Å². The number of nitrogens with one attached hydrogen (secondary N) is 2. The summed E-state index contributed by atoms with van der Waals surface area (Å²) in [5, 5.41) is 9.79. The zero-order chi connectivity index (χ0) is 26.5. The topological polar surface area (TPSA) is 85.1 Å². The summed E-state index contributed by atoms with van der Waals surface area (Å²) >= 11 is 7.72. The molecule has 1 unspecified atom stereocenters. The zero-order valence-electron chi connectivity index (χ0n) is 20.5. The number of fused-ring (bicyclic) bond motifs is 1. The molecule has 10 heteroatoms. The second-order valence-electron chi connectivity index (χ2n) is 8.84. The monoisotopic (exact) mass is 544 g/mol. The molecule has 0 spiro atoms. The minimum absolute atomic E-state index is 0.0310. The molecule has 1 radical (unpaired) electrons. The van der Waals surface area contributed by atoms with E-state index in [4.69, 9.17) is 29.6 Å². The molecule has 3 aromatic carbocycles. The van der Waals surface area contributed by atoms with Gasteiger partial charge in [-0.3, -0.25) is 0 Å². The average Bonchev–Trinajstić information content (AvgIpc) is 3.45. The van der Waals surface area contributed by atoms with E-state index in [0.717, 1.165) is 23.0 Å². The number of benzene rings is 3. The van der Waals surface area contributed by atoms with Crippen molar-refractivity contribution in [3.8, 4) is 5.75 Å². The summed E-state index contributed by atoms with van der Waals surface area (Å²) in [6.07, 6.45) is 6.00. The molecule has 2 heterocycles. The van der Waals surface area contributed by atoms with Crippen LogP contribution in [0.25, 0.3) is 10.9 Å². The summed E-state index contributed by atoms with van der Waals surface area (Å²) in [7, 11) is 6.26. The van der Waals surface area contributed by atoms with Crippen molar-refractivity contribution in [3.05, 3.63) is 88.8 Å². The van der Waals surface area contributed by atoms with Crippen LogP contribution in [0.2, 0.25) is 5.02 Å². The Morgan fingerprint density at radius 1 is 1.16 bits per heavy atom. The fourth-order valence-electron chi connectivity index (χ4n) is 4.11. The molecule has 1 aliphatic rings. The van der Waals surface area contributed by atoms with Gasteiger partial charge in [0.05, 0.1) is 5.02 Å². The van der Waals surface area contributed by atoms with Crippen LogP contribution in [0.4, 0.5) is 27.3 Å². The van der Waals surface area contributed by atoms with E-state index in [0.29, 0.717) is 53.2 Å².